The zero-order chi connectivity index (χ0) is 18.7. The maximum atomic E-state index is 6.34. The number of thioether (sulfide) groups is 1. The van der Waals surface area contributed by atoms with Crippen LogP contribution in [0.3, 0.4) is 0 Å². The molecular weight excluding hydrogens is 376 g/mol. The van der Waals surface area contributed by atoms with Gasteiger partial charge in [-0.3, -0.25) is 0 Å². The first-order chi connectivity index (χ1) is 12.5. The number of fused-ring (bicyclic) bond motifs is 1. The molecule has 0 N–H and O–H groups in total. The summed E-state index contributed by atoms with van der Waals surface area (Å²) in [6.45, 7) is 4.24. The van der Waals surface area contributed by atoms with Crippen molar-refractivity contribution in [2.75, 3.05) is 20.0 Å². The molecule has 2 unspecified atom stereocenters. The quantitative estimate of drug-likeness (QED) is 0.699. The lowest BCUT2D eigenvalue weighted by Crippen LogP contribution is -2.57. The highest BCUT2D eigenvalue weighted by molar-refractivity contribution is 8.22. The fraction of sp³-hybridized carbons (Fsp3) is 0.611. The van der Waals surface area contributed by atoms with Gasteiger partial charge in [-0.05, 0) is 32.3 Å². The smallest absolute Gasteiger partial charge is 0.312 e. The molecule has 144 valence electrons. The van der Waals surface area contributed by atoms with Gasteiger partial charge in [0, 0.05) is 19.3 Å². The van der Waals surface area contributed by atoms with Crippen LogP contribution in [-0.4, -0.2) is 55.1 Å². The van der Waals surface area contributed by atoms with Gasteiger partial charge in [0.05, 0.1) is 6.10 Å². The number of benzene rings is 1. The SMILES string of the molecule is CCOC1(c2ccccc2)O[C@@H]2[C@H](C)O[C@H](OC)C(OC(=S)SC)[C@@H]2O1. The molecule has 2 fully saturated rings. The van der Waals surface area contributed by atoms with Crippen molar-refractivity contribution >= 4 is 28.4 Å². The van der Waals surface area contributed by atoms with Crippen LogP contribution in [0, 0.1) is 0 Å². The van der Waals surface area contributed by atoms with Crippen LogP contribution in [0.4, 0.5) is 0 Å². The van der Waals surface area contributed by atoms with Gasteiger partial charge in [-0.1, -0.05) is 42.1 Å². The number of hydrogen-bond donors (Lipinski definition) is 0. The van der Waals surface area contributed by atoms with Gasteiger partial charge >= 0.3 is 5.97 Å². The van der Waals surface area contributed by atoms with E-state index in [4.69, 9.17) is 40.6 Å². The topological polar surface area (TPSA) is 55.4 Å². The van der Waals surface area contributed by atoms with Crippen molar-refractivity contribution in [2.45, 2.75) is 50.5 Å². The second kappa shape index (κ2) is 8.52. The van der Waals surface area contributed by atoms with Crippen molar-refractivity contribution in [1.29, 1.82) is 0 Å². The second-order valence-corrected chi connectivity index (χ2v) is 7.41. The van der Waals surface area contributed by atoms with Crippen molar-refractivity contribution < 1.29 is 28.4 Å². The van der Waals surface area contributed by atoms with E-state index in [2.05, 4.69) is 0 Å². The molecule has 6 nitrogen and oxygen atoms in total. The monoisotopic (exact) mass is 400 g/mol. The van der Waals surface area contributed by atoms with E-state index in [1.807, 2.05) is 50.4 Å². The molecule has 0 aliphatic carbocycles. The highest BCUT2D eigenvalue weighted by Gasteiger charge is 2.60. The van der Waals surface area contributed by atoms with Crippen LogP contribution in [0.5, 0.6) is 0 Å². The van der Waals surface area contributed by atoms with E-state index < -0.39 is 24.5 Å². The van der Waals surface area contributed by atoms with E-state index in [1.54, 1.807) is 7.11 Å². The van der Waals surface area contributed by atoms with Crippen molar-refractivity contribution in [3.8, 4) is 0 Å². The summed E-state index contributed by atoms with van der Waals surface area (Å²) in [5, 5.41) is 0. The molecule has 0 bridgehead atoms. The Labute approximate surface area is 163 Å². The van der Waals surface area contributed by atoms with Gasteiger partial charge in [-0.15, -0.1) is 0 Å². The van der Waals surface area contributed by atoms with Crippen LogP contribution in [0.15, 0.2) is 30.3 Å². The summed E-state index contributed by atoms with van der Waals surface area (Å²) < 4.78 is 36.2. The van der Waals surface area contributed by atoms with Crippen molar-refractivity contribution in [3.63, 3.8) is 0 Å². The first kappa shape index (κ1) is 20.0. The zero-order valence-corrected chi connectivity index (χ0v) is 16.9. The van der Waals surface area contributed by atoms with Gasteiger partial charge in [0.15, 0.2) is 12.4 Å². The van der Waals surface area contributed by atoms with Crippen LogP contribution in [-0.2, 0) is 34.4 Å². The molecule has 2 aliphatic rings. The molecule has 3 rings (SSSR count). The largest absolute Gasteiger partial charge is 0.467 e. The highest BCUT2D eigenvalue weighted by atomic mass is 32.2. The molecule has 0 saturated carbocycles. The van der Waals surface area contributed by atoms with E-state index >= 15 is 0 Å². The first-order valence-electron chi connectivity index (χ1n) is 8.52. The van der Waals surface area contributed by atoms with E-state index in [-0.39, 0.29) is 12.2 Å². The Morgan fingerprint density at radius 3 is 2.54 bits per heavy atom. The standard InChI is InChI=1S/C18H24O6S2/c1-5-20-18(12-9-7-6-8-10-12)23-13-11(2)21-16(19-3)15(14(13)24-18)22-17(25)26-4/h6-11,13-16H,5H2,1-4H3/t11-,13+,14+,15?,16-,18?/m0/s1. The lowest BCUT2D eigenvalue weighted by molar-refractivity contribution is -0.354. The molecule has 0 aromatic heterocycles. The van der Waals surface area contributed by atoms with Gasteiger partial charge in [0.25, 0.3) is 0 Å². The second-order valence-electron chi connectivity index (χ2n) is 6.00. The van der Waals surface area contributed by atoms with Gasteiger partial charge in [0.2, 0.25) is 4.38 Å². The lowest BCUT2D eigenvalue weighted by Gasteiger charge is -2.39. The van der Waals surface area contributed by atoms with Crippen molar-refractivity contribution in [2.24, 2.45) is 0 Å². The maximum absolute atomic E-state index is 6.34. The number of methoxy groups -OCH3 is 1. The average molecular weight is 401 g/mol. The van der Waals surface area contributed by atoms with Crippen LogP contribution >= 0.6 is 24.0 Å². The molecule has 1 aromatic carbocycles. The summed E-state index contributed by atoms with van der Waals surface area (Å²) in [6.07, 6.45) is -0.434. The van der Waals surface area contributed by atoms with Gasteiger partial charge in [0.1, 0.15) is 12.2 Å². The molecule has 2 aliphatic heterocycles. The normalized spacial score (nSPS) is 36.5. The molecule has 2 saturated heterocycles. The first-order valence-corrected chi connectivity index (χ1v) is 10.2. The Kier molecular flexibility index (Phi) is 6.55. The highest BCUT2D eigenvalue weighted by Crippen LogP contribution is 2.45. The van der Waals surface area contributed by atoms with E-state index in [0.717, 1.165) is 5.56 Å². The third kappa shape index (κ3) is 3.77. The molecule has 26 heavy (non-hydrogen) atoms. The number of hydrogen-bond acceptors (Lipinski definition) is 8. The summed E-state index contributed by atoms with van der Waals surface area (Å²) in [7, 11) is 1.57. The number of thiocarbonyl (C=S) groups is 1. The zero-order valence-electron chi connectivity index (χ0n) is 15.2. The lowest BCUT2D eigenvalue weighted by atomic mass is 10.00. The number of ether oxygens (including phenoxy) is 6. The Hall–Kier alpha value is -0.740. The third-order valence-electron chi connectivity index (χ3n) is 4.40. The van der Waals surface area contributed by atoms with Crippen molar-refractivity contribution in [1.82, 2.24) is 0 Å². The van der Waals surface area contributed by atoms with Gasteiger partial charge in [-0.2, -0.15) is 0 Å². The summed E-state index contributed by atoms with van der Waals surface area (Å²) >= 11 is 6.57. The maximum Gasteiger partial charge on any atom is 0.312 e. The van der Waals surface area contributed by atoms with Crippen LogP contribution in [0.2, 0.25) is 0 Å². The fourth-order valence-electron chi connectivity index (χ4n) is 3.25. The average Bonchev–Trinajstić information content (AvgIpc) is 3.06. The summed E-state index contributed by atoms with van der Waals surface area (Å²) in [5.74, 6) is -1.31. The molecule has 0 amide bonds. The molecule has 2 heterocycles. The molecule has 0 spiro atoms. The number of rotatable bonds is 5. The predicted octanol–water partition coefficient (Wildman–Crippen LogP) is 3.04. The Balaban J connectivity index is 1.94. The third-order valence-corrected chi connectivity index (χ3v) is 5.43. The van der Waals surface area contributed by atoms with Crippen LogP contribution in [0.25, 0.3) is 0 Å². The summed E-state index contributed by atoms with van der Waals surface area (Å²) in [6, 6.07) is 9.59. The molecule has 8 heteroatoms. The van der Waals surface area contributed by atoms with Gasteiger partial charge < -0.3 is 28.4 Å². The fourth-order valence-corrected chi connectivity index (χ4v) is 3.57. The minimum Gasteiger partial charge on any atom is -0.467 e. The Morgan fingerprint density at radius 2 is 1.92 bits per heavy atom. The molecule has 6 atom stereocenters. The van der Waals surface area contributed by atoms with Crippen LogP contribution in [0.1, 0.15) is 19.4 Å². The Bertz CT molecular complexity index is 615. The Morgan fingerprint density at radius 1 is 1.23 bits per heavy atom. The van der Waals surface area contributed by atoms with Crippen molar-refractivity contribution in [3.05, 3.63) is 35.9 Å². The van der Waals surface area contributed by atoms with E-state index in [1.165, 1.54) is 11.8 Å². The summed E-state index contributed by atoms with van der Waals surface area (Å²) in [5.41, 5.74) is 0.781. The predicted molar refractivity (Wildman–Crippen MR) is 102 cm³/mol. The van der Waals surface area contributed by atoms with E-state index in [9.17, 15) is 0 Å². The molecular formula is C18H24O6S2. The summed E-state index contributed by atoms with van der Waals surface area (Å²) in [4.78, 5) is 0. The minimum atomic E-state index is -1.31. The van der Waals surface area contributed by atoms with E-state index in [0.29, 0.717) is 11.0 Å². The molecule has 1 aromatic rings. The van der Waals surface area contributed by atoms with Gasteiger partial charge in [-0.25, -0.2) is 0 Å². The minimum absolute atomic E-state index is 0.265. The molecule has 0 radical (unpaired) electrons. The van der Waals surface area contributed by atoms with Crippen LogP contribution < -0.4 is 0 Å².